The molecule has 0 heterocycles. The van der Waals surface area contributed by atoms with E-state index in [9.17, 15) is 4.79 Å². The molecule has 4 nitrogen and oxygen atoms in total. The number of carbonyl (C=O) groups is 1. The van der Waals surface area contributed by atoms with Gasteiger partial charge < -0.3 is 9.47 Å². The molecule has 1 aliphatic carbocycles. The molecule has 0 aliphatic heterocycles. The predicted octanol–water partition coefficient (Wildman–Crippen LogP) is 2.30. The molecular weight excluding hydrogens is 242 g/mol. The number of nitrogens with one attached hydrogen (secondary N) is 1. The summed E-state index contributed by atoms with van der Waals surface area (Å²) in [6, 6.07) is 7.93. The number of hydrogen-bond acceptors (Lipinski definition) is 4. The Morgan fingerprint density at radius 2 is 1.89 bits per heavy atom. The first-order valence-electron chi connectivity index (χ1n) is 6.63. The zero-order valence-electron chi connectivity index (χ0n) is 11.7. The van der Waals surface area contributed by atoms with E-state index in [4.69, 9.17) is 9.47 Å². The first-order chi connectivity index (χ1) is 9.15. The van der Waals surface area contributed by atoms with Gasteiger partial charge in [0.05, 0.1) is 14.2 Å². The standard InChI is InChI=1S/C15H21NO3/c1-10(15(17)19-3)16-14(11-4-5-11)12-6-8-13(18-2)9-7-12/h6-11,14,16H,4-5H2,1-3H3. The van der Waals surface area contributed by atoms with Crippen LogP contribution < -0.4 is 10.1 Å². The fourth-order valence-corrected chi connectivity index (χ4v) is 2.26. The molecule has 4 heteroatoms. The molecular formula is C15H21NO3. The molecule has 104 valence electrons. The zero-order chi connectivity index (χ0) is 13.8. The Balaban J connectivity index is 2.08. The van der Waals surface area contributed by atoms with Crippen molar-refractivity contribution < 1.29 is 14.3 Å². The van der Waals surface area contributed by atoms with Gasteiger partial charge in [-0.25, -0.2) is 0 Å². The lowest BCUT2D eigenvalue weighted by Gasteiger charge is -2.22. The van der Waals surface area contributed by atoms with Crippen LogP contribution in [-0.2, 0) is 9.53 Å². The molecule has 0 spiro atoms. The van der Waals surface area contributed by atoms with E-state index in [2.05, 4.69) is 17.4 Å². The van der Waals surface area contributed by atoms with E-state index in [1.807, 2.05) is 19.1 Å². The van der Waals surface area contributed by atoms with Crippen molar-refractivity contribution in [2.24, 2.45) is 5.92 Å². The molecule has 1 N–H and O–H groups in total. The number of hydrogen-bond donors (Lipinski definition) is 1. The first kappa shape index (κ1) is 13.9. The van der Waals surface area contributed by atoms with Crippen molar-refractivity contribution in [1.29, 1.82) is 0 Å². The second kappa shape index (κ2) is 6.06. The minimum atomic E-state index is -0.294. The largest absolute Gasteiger partial charge is 0.497 e. The van der Waals surface area contributed by atoms with Crippen LogP contribution in [-0.4, -0.2) is 26.2 Å². The Hall–Kier alpha value is -1.55. The Morgan fingerprint density at radius 1 is 1.26 bits per heavy atom. The Morgan fingerprint density at radius 3 is 2.37 bits per heavy atom. The predicted molar refractivity (Wildman–Crippen MR) is 73.1 cm³/mol. The van der Waals surface area contributed by atoms with Gasteiger partial charge in [-0.2, -0.15) is 0 Å². The topological polar surface area (TPSA) is 47.6 Å². The van der Waals surface area contributed by atoms with Gasteiger partial charge in [-0.1, -0.05) is 12.1 Å². The molecule has 0 radical (unpaired) electrons. The fraction of sp³-hybridized carbons (Fsp3) is 0.533. The smallest absolute Gasteiger partial charge is 0.322 e. The van der Waals surface area contributed by atoms with Crippen LogP contribution in [0.2, 0.25) is 0 Å². The fourth-order valence-electron chi connectivity index (χ4n) is 2.26. The van der Waals surface area contributed by atoms with Crippen LogP contribution in [0.1, 0.15) is 31.4 Å². The average Bonchev–Trinajstić information content (AvgIpc) is 3.28. The molecule has 1 aromatic rings. The lowest BCUT2D eigenvalue weighted by atomic mass is 10.0. The van der Waals surface area contributed by atoms with Gasteiger partial charge in [-0.3, -0.25) is 10.1 Å². The Bertz CT molecular complexity index is 426. The van der Waals surface area contributed by atoms with Gasteiger partial charge in [-0.05, 0) is 43.4 Å². The van der Waals surface area contributed by atoms with Gasteiger partial charge in [-0.15, -0.1) is 0 Å². The minimum absolute atomic E-state index is 0.208. The number of carbonyl (C=O) groups excluding carboxylic acids is 1. The van der Waals surface area contributed by atoms with E-state index in [1.165, 1.54) is 25.5 Å². The number of methoxy groups -OCH3 is 2. The summed E-state index contributed by atoms with van der Waals surface area (Å²) in [7, 11) is 3.07. The summed E-state index contributed by atoms with van der Waals surface area (Å²) in [5.41, 5.74) is 1.19. The third-order valence-corrected chi connectivity index (χ3v) is 3.55. The van der Waals surface area contributed by atoms with Crippen LogP contribution in [0.3, 0.4) is 0 Å². The third kappa shape index (κ3) is 3.47. The van der Waals surface area contributed by atoms with Gasteiger partial charge in [0.15, 0.2) is 0 Å². The molecule has 1 aliphatic rings. The average molecular weight is 263 g/mol. The number of ether oxygens (including phenoxy) is 2. The highest BCUT2D eigenvalue weighted by molar-refractivity contribution is 5.75. The molecule has 0 bridgehead atoms. The van der Waals surface area contributed by atoms with Crippen molar-refractivity contribution >= 4 is 5.97 Å². The highest BCUT2D eigenvalue weighted by atomic mass is 16.5. The van der Waals surface area contributed by atoms with E-state index in [0.717, 1.165) is 5.75 Å². The van der Waals surface area contributed by atoms with Crippen LogP contribution in [0.5, 0.6) is 5.75 Å². The van der Waals surface area contributed by atoms with Gasteiger partial charge >= 0.3 is 5.97 Å². The Labute approximate surface area is 114 Å². The summed E-state index contributed by atoms with van der Waals surface area (Å²) in [6.07, 6.45) is 2.41. The lowest BCUT2D eigenvalue weighted by Crippen LogP contribution is -2.38. The summed E-state index contributed by atoms with van der Waals surface area (Å²) in [5, 5.41) is 3.37. The molecule has 1 aromatic carbocycles. The SMILES string of the molecule is COC(=O)C(C)NC(c1ccc(OC)cc1)C1CC1. The van der Waals surface area contributed by atoms with Crippen molar-refractivity contribution in [3.05, 3.63) is 29.8 Å². The summed E-state index contributed by atoms with van der Waals surface area (Å²) in [4.78, 5) is 11.5. The molecule has 0 amide bonds. The molecule has 19 heavy (non-hydrogen) atoms. The normalized spacial score (nSPS) is 17.6. The number of esters is 1. The quantitative estimate of drug-likeness (QED) is 0.800. The van der Waals surface area contributed by atoms with Crippen LogP contribution in [0.4, 0.5) is 0 Å². The lowest BCUT2D eigenvalue weighted by molar-refractivity contribution is -0.142. The van der Waals surface area contributed by atoms with Gasteiger partial charge in [0, 0.05) is 6.04 Å². The van der Waals surface area contributed by atoms with Crippen LogP contribution >= 0.6 is 0 Å². The van der Waals surface area contributed by atoms with Crippen molar-refractivity contribution in [3.8, 4) is 5.75 Å². The second-order valence-corrected chi connectivity index (χ2v) is 5.00. The van der Waals surface area contributed by atoms with Crippen molar-refractivity contribution in [2.45, 2.75) is 31.8 Å². The van der Waals surface area contributed by atoms with Crippen LogP contribution in [0, 0.1) is 5.92 Å². The van der Waals surface area contributed by atoms with Gasteiger partial charge in [0.2, 0.25) is 0 Å². The molecule has 2 rings (SSSR count). The molecule has 1 saturated carbocycles. The highest BCUT2D eigenvalue weighted by Gasteiger charge is 2.34. The van der Waals surface area contributed by atoms with Crippen LogP contribution in [0.25, 0.3) is 0 Å². The maximum atomic E-state index is 11.5. The van der Waals surface area contributed by atoms with Gasteiger partial charge in [0.1, 0.15) is 11.8 Å². The van der Waals surface area contributed by atoms with Gasteiger partial charge in [0.25, 0.3) is 0 Å². The first-order valence-corrected chi connectivity index (χ1v) is 6.63. The summed E-state index contributed by atoms with van der Waals surface area (Å²) < 4.78 is 9.93. The number of rotatable bonds is 6. The van der Waals surface area contributed by atoms with Crippen molar-refractivity contribution in [1.82, 2.24) is 5.32 Å². The Kier molecular flexibility index (Phi) is 4.43. The van der Waals surface area contributed by atoms with Crippen LogP contribution in [0.15, 0.2) is 24.3 Å². The molecule has 2 unspecified atom stereocenters. The zero-order valence-corrected chi connectivity index (χ0v) is 11.7. The van der Waals surface area contributed by atoms with E-state index in [0.29, 0.717) is 5.92 Å². The maximum absolute atomic E-state index is 11.5. The molecule has 0 aromatic heterocycles. The molecule has 0 saturated heterocycles. The van der Waals surface area contributed by atoms with E-state index < -0.39 is 0 Å². The number of benzene rings is 1. The highest BCUT2D eigenvalue weighted by Crippen LogP contribution is 2.41. The second-order valence-electron chi connectivity index (χ2n) is 5.00. The van der Waals surface area contributed by atoms with Crippen molar-refractivity contribution in [2.75, 3.05) is 14.2 Å². The maximum Gasteiger partial charge on any atom is 0.322 e. The minimum Gasteiger partial charge on any atom is -0.497 e. The molecule has 1 fully saturated rings. The van der Waals surface area contributed by atoms with E-state index >= 15 is 0 Å². The molecule has 2 atom stereocenters. The van der Waals surface area contributed by atoms with E-state index in [-0.39, 0.29) is 18.1 Å². The van der Waals surface area contributed by atoms with E-state index in [1.54, 1.807) is 7.11 Å². The summed E-state index contributed by atoms with van der Waals surface area (Å²) in [6.45, 7) is 1.84. The monoisotopic (exact) mass is 263 g/mol. The van der Waals surface area contributed by atoms with Crippen molar-refractivity contribution in [3.63, 3.8) is 0 Å². The summed E-state index contributed by atoms with van der Waals surface area (Å²) in [5.74, 6) is 1.24. The summed E-state index contributed by atoms with van der Waals surface area (Å²) >= 11 is 0. The third-order valence-electron chi connectivity index (χ3n) is 3.55.